The predicted molar refractivity (Wildman–Crippen MR) is 78.7 cm³/mol. The summed E-state index contributed by atoms with van der Waals surface area (Å²) in [5.74, 6) is 0.592. The molecule has 2 unspecified atom stereocenters. The van der Waals surface area contributed by atoms with Crippen LogP contribution in [-0.2, 0) is 4.79 Å². The van der Waals surface area contributed by atoms with E-state index in [2.05, 4.69) is 11.8 Å². The summed E-state index contributed by atoms with van der Waals surface area (Å²) in [6, 6.07) is 5.57. The summed E-state index contributed by atoms with van der Waals surface area (Å²) in [6.45, 7) is 3.25. The molecular formula is C15H18ClNO2. The molecule has 102 valence electrons. The number of carboxylic acids is 1. The van der Waals surface area contributed by atoms with Gasteiger partial charge in [-0.3, -0.25) is 0 Å². The van der Waals surface area contributed by atoms with Crippen molar-refractivity contribution in [3.8, 4) is 0 Å². The highest BCUT2D eigenvalue weighted by Gasteiger charge is 2.33. The standard InChI is InChI=1S/C15H18ClNO2/c1-10-7-12(10)9-17(2)14-5-4-13(16)8-11(14)3-6-15(18)19/h3-6,8,10,12H,7,9H2,1-2H3,(H,18,19)/b6-3+. The van der Waals surface area contributed by atoms with Crippen LogP contribution >= 0.6 is 11.6 Å². The average Bonchev–Trinajstić information content (AvgIpc) is 3.02. The molecule has 0 saturated heterocycles. The maximum atomic E-state index is 10.6. The fraction of sp³-hybridized carbons (Fsp3) is 0.400. The third kappa shape index (κ3) is 3.74. The normalized spacial score (nSPS) is 21.6. The smallest absolute Gasteiger partial charge is 0.328 e. The summed E-state index contributed by atoms with van der Waals surface area (Å²) in [6.07, 6.45) is 4.01. The van der Waals surface area contributed by atoms with E-state index in [0.717, 1.165) is 35.7 Å². The largest absolute Gasteiger partial charge is 0.478 e. The Bertz CT molecular complexity index is 513. The number of aliphatic carboxylic acids is 1. The quantitative estimate of drug-likeness (QED) is 0.838. The molecule has 1 fully saturated rings. The van der Waals surface area contributed by atoms with Gasteiger partial charge in [0.15, 0.2) is 0 Å². The molecule has 0 bridgehead atoms. The molecule has 0 radical (unpaired) electrons. The molecule has 1 aromatic carbocycles. The number of carboxylic acid groups (broad SMARTS) is 1. The molecule has 2 rings (SSSR count). The van der Waals surface area contributed by atoms with Crippen LogP contribution in [0.25, 0.3) is 6.08 Å². The van der Waals surface area contributed by atoms with Crippen LogP contribution in [0, 0.1) is 11.8 Å². The zero-order chi connectivity index (χ0) is 14.0. The Morgan fingerprint density at radius 3 is 2.84 bits per heavy atom. The van der Waals surface area contributed by atoms with E-state index in [9.17, 15) is 4.79 Å². The summed E-state index contributed by atoms with van der Waals surface area (Å²) in [5, 5.41) is 9.34. The molecule has 1 aromatic rings. The van der Waals surface area contributed by atoms with Crippen molar-refractivity contribution in [2.75, 3.05) is 18.5 Å². The number of anilines is 1. The minimum Gasteiger partial charge on any atom is -0.478 e. The number of nitrogens with zero attached hydrogens (tertiary/aromatic N) is 1. The molecule has 0 aromatic heterocycles. The van der Waals surface area contributed by atoms with E-state index in [-0.39, 0.29) is 0 Å². The summed E-state index contributed by atoms with van der Waals surface area (Å²) in [5.41, 5.74) is 1.85. The molecule has 0 spiro atoms. The van der Waals surface area contributed by atoms with E-state index in [4.69, 9.17) is 16.7 Å². The lowest BCUT2D eigenvalue weighted by molar-refractivity contribution is -0.131. The lowest BCUT2D eigenvalue weighted by Gasteiger charge is -2.21. The second-order valence-corrected chi connectivity index (χ2v) is 5.66. The van der Waals surface area contributed by atoms with Crippen molar-refractivity contribution in [2.45, 2.75) is 13.3 Å². The highest BCUT2D eigenvalue weighted by atomic mass is 35.5. The average molecular weight is 280 g/mol. The van der Waals surface area contributed by atoms with Gasteiger partial charge in [0.05, 0.1) is 0 Å². The van der Waals surface area contributed by atoms with Crippen LogP contribution in [0.2, 0.25) is 5.02 Å². The first-order valence-electron chi connectivity index (χ1n) is 6.39. The van der Waals surface area contributed by atoms with E-state index in [1.807, 2.05) is 19.2 Å². The van der Waals surface area contributed by atoms with Gasteiger partial charge in [0.1, 0.15) is 0 Å². The van der Waals surface area contributed by atoms with E-state index in [0.29, 0.717) is 5.02 Å². The summed E-state index contributed by atoms with van der Waals surface area (Å²) < 4.78 is 0. The Labute approximate surface area is 118 Å². The number of hydrogen-bond donors (Lipinski definition) is 1. The molecule has 3 nitrogen and oxygen atoms in total. The van der Waals surface area contributed by atoms with Gasteiger partial charge in [0, 0.05) is 30.4 Å². The van der Waals surface area contributed by atoms with Crippen molar-refractivity contribution in [3.05, 3.63) is 34.9 Å². The van der Waals surface area contributed by atoms with Crippen molar-refractivity contribution < 1.29 is 9.90 Å². The fourth-order valence-electron chi connectivity index (χ4n) is 2.27. The minimum atomic E-state index is -0.954. The van der Waals surface area contributed by atoms with Crippen LogP contribution in [0.15, 0.2) is 24.3 Å². The monoisotopic (exact) mass is 279 g/mol. The van der Waals surface area contributed by atoms with E-state index < -0.39 is 5.97 Å². The van der Waals surface area contributed by atoms with Crippen LogP contribution in [0.3, 0.4) is 0 Å². The van der Waals surface area contributed by atoms with Gasteiger partial charge in [-0.05, 0) is 48.1 Å². The van der Waals surface area contributed by atoms with E-state index in [1.54, 1.807) is 12.1 Å². The fourth-order valence-corrected chi connectivity index (χ4v) is 2.45. The van der Waals surface area contributed by atoms with E-state index in [1.165, 1.54) is 6.42 Å². The summed E-state index contributed by atoms with van der Waals surface area (Å²) >= 11 is 5.98. The molecule has 0 amide bonds. The maximum absolute atomic E-state index is 10.6. The van der Waals surface area contributed by atoms with Gasteiger partial charge in [0.2, 0.25) is 0 Å². The van der Waals surface area contributed by atoms with Crippen molar-refractivity contribution in [1.82, 2.24) is 0 Å². The molecule has 2 atom stereocenters. The van der Waals surface area contributed by atoms with Crippen LogP contribution in [-0.4, -0.2) is 24.7 Å². The lowest BCUT2D eigenvalue weighted by Crippen LogP contribution is -2.21. The summed E-state index contributed by atoms with van der Waals surface area (Å²) in [4.78, 5) is 12.8. The van der Waals surface area contributed by atoms with Crippen LogP contribution in [0.1, 0.15) is 18.9 Å². The van der Waals surface area contributed by atoms with Crippen molar-refractivity contribution >= 4 is 29.3 Å². The molecule has 1 N–H and O–H groups in total. The van der Waals surface area contributed by atoms with Gasteiger partial charge in [-0.15, -0.1) is 0 Å². The molecule has 0 heterocycles. The first-order chi connectivity index (χ1) is 8.97. The Kier molecular flexibility index (Phi) is 4.15. The first-order valence-corrected chi connectivity index (χ1v) is 6.77. The molecule has 4 heteroatoms. The van der Waals surface area contributed by atoms with Crippen molar-refractivity contribution in [2.24, 2.45) is 11.8 Å². The first kappa shape index (κ1) is 13.9. The molecule has 1 aliphatic carbocycles. The molecule has 1 saturated carbocycles. The maximum Gasteiger partial charge on any atom is 0.328 e. The number of halogens is 1. The van der Waals surface area contributed by atoms with Crippen molar-refractivity contribution in [3.63, 3.8) is 0 Å². The van der Waals surface area contributed by atoms with Gasteiger partial charge in [0.25, 0.3) is 0 Å². The Morgan fingerprint density at radius 1 is 1.58 bits per heavy atom. The second-order valence-electron chi connectivity index (χ2n) is 5.23. The Hall–Kier alpha value is -1.48. The zero-order valence-electron chi connectivity index (χ0n) is 11.1. The number of carbonyl (C=O) groups is 1. The Balaban J connectivity index is 2.20. The topological polar surface area (TPSA) is 40.5 Å². The lowest BCUT2D eigenvalue weighted by atomic mass is 10.1. The summed E-state index contributed by atoms with van der Waals surface area (Å²) in [7, 11) is 2.03. The second kappa shape index (κ2) is 5.66. The number of rotatable bonds is 5. The van der Waals surface area contributed by atoms with Gasteiger partial charge < -0.3 is 10.0 Å². The molecule has 19 heavy (non-hydrogen) atoms. The predicted octanol–water partition coefficient (Wildman–Crippen LogP) is 3.53. The van der Waals surface area contributed by atoms with Crippen LogP contribution in [0.5, 0.6) is 0 Å². The highest BCUT2D eigenvalue weighted by molar-refractivity contribution is 6.30. The SMILES string of the molecule is CC1CC1CN(C)c1ccc(Cl)cc1/C=C/C(=O)O. The van der Waals surface area contributed by atoms with Crippen LogP contribution in [0.4, 0.5) is 5.69 Å². The van der Waals surface area contributed by atoms with Crippen LogP contribution < -0.4 is 4.90 Å². The molecule has 1 aliphatic rings. The highest BCUT2D eigenvalue weighted by Crippen LogP contribution is 2.39. The molecular weight excluding hydrogens is 262 g/mol. The minimum absolute atomic E-state index is 0.613. The molecule has 0 aliphatic heterocycles. The van der Waals surface area contributed by atoms with Gasteiger partial charge in [-0.1, -0.05) is 18.5 Å². The van der Waals surface area contributed by atoms with Gasteiger partial charge in [-0.2, -0.15) is 0 Å². The van der Waals surface area contributed by atoms with Gasteiger partial charge >= 0.3 is 5.97 Å². The zero-order valence-corrected chi connectivity index (χ0v) is 11.9. The number of hydrogen-bond acceptors (Lipinski definition) is 2. The Morgan fingerprint density at radius 2 is 2.26 bits per heavy atom. The van der Waals surface area contributed by atoms with Gasteiger partial charge in [-0.25, -0.2) is 4.79 Å². The third-order valence-electron chi connectivity index (χ3n) is 3.59. The number of benzene rings is 1. The van der Waals surface area contributed by atoms with Crippen molar-refractivity contribution in [1.29, 1.82) is 0 Å². The van der Waals surface area contributed by atoms with E-state index >= 15 is 0 Å². The third-order valence-corrected chi connectivity index (χ3v) is 3.83.